The summed E-state index contributed by atoms with van der Waals surface area (Å²) in [6.07, 6.45) is 21.1. The predicted octanol–water partition coefficient (Wildman–Crippen LogP) is 2.91. The number of hydrogen-bond acceptors (Lipinski definition) is 0. The van der Waals surface area contributed by atoms with E-state index in [-0.39, 0.29) is 50.7 Å². The van der Waals surface area contributed by atoms with Gasteiger partial charge in [-0.05, 0) is 25.7 Å². The molecule has 0 N–H and O–H groups in total. The van der Waals surface area contributed by atoms with E-state index < -0.39 is 16.1 Å². The van der Waals surface area contributed by atoms with Crippen molar-refractivity contribution in [2.24, 2.45) is 0 Å². The largest absolute Gasteiger partial charge is 1.00 e. The Balaban J connectivity index is 0.000000529. The fourth-order valence-corrected chi connectivity index (χ4v) is 15.1. The standard InChI is InChI=1S/2C13H22Si.2ClH.Hf/c2*1-3-8-14(9-5-10-14)13-7-6-12(4-2)11-13;;;/h2*7,11H,3-6,8-10H2,1-2H3;2*1H;/p-2. The molecular weight excluding hydrogens is 618 g/mol. The number of rotatable bonds is 8. The van der Waals surface area contributed by atoms with Gasteiger partial charge in [-0.15, -0.1) is 0 Å². The van der Waals surface area contributed by atoms with Crippen molar-refractivity contribution in [1.29, 1.82) is 0 Å². The van der Waals surface area contributed by atoms with Crippen LogP contribution in [0.15, 0.2) is 45.8 Å². The van der Waals surface area contributed by atoms with Crippen LogP contribution in [0.4, 0.5) is 0 Å². The maximum atomic E-state index is 2.56. The first-order chi connectivity index (χ1) is 13.6. The molecule has 2 fully saturated rings. The smallest absolute Gasteiger partial charge is 0.0862 e. The Morgan fingerprint density at radius 1 is 0.645 bits per heavy atom. The van der Waals surface area contributed by atoms with Gasteiger partial charge in [-0.1, -0.05) is 135 Å². The van der Waals surface area contributed by atoms with Gasteiger partial charge in [-0.25, -0.2) is 0 Å². The van der Waals surface area contributed by atoms with E-state index in [1.807, 2.05) is 10.4 Å². The SMILES string of the molecule is CCC[Si]1(C2=CCC(CC)=C2)CCC1.CCC[Si]1(C2=CCC(CC)=C2)CCC1.[Cl-].[Cl-].[Hf]. The molecule has 0 spiro atoms. The van der Waals surface area contributed by atoms with Gasteiger partial charge in [0.15, 0.2) is 0 Å². The van der Waals surface area contributed by atoms with Gasteiger partial charge in [-0.2, -0.15) is 0 Å². The minimum atomic E-state index is -0.883. The molecule has 0 aromatic heterocycles. The second-order valence-electron chi connectivity index (χ2n) is 9.81. The quantitative estimate of drug-likeness (QED) is 0.351. The molecule has 0 bridgehead atoms. The van der Waals surface area contributed by atoms with Crippen molar-refractivity contribution in [3.63, 3.8) is 0 Å². The summed E-state index contributed by atoms with van der Waals surface area (Å²) < 4.78 is 0. The Kier molecular flexibility index (Phi) is 15.4. The van der Waals surface area contributed by atoms with Crippen LogP contribution in [0.25, 0.3) is 0 Å². The topological polar surface area (TPSA) is 0 Å². The van der Waals surface area contributed by atoms with E-state index in [1.165, 1.54) is 51.4 Å². The minimum Gasteiger partial charge on any atom is -1.00 e. The van der Waals surface area contributed by atoms with Crippen LogP contribution in [-0.2, 0) is 25.8 Å². The normalized spacial score (nSPS) is 21.8. The Morgan fingerprint density at radius 2 is 1.00 bits per heavy atom. The summed E-state index contributed by atoms with van der Waals surface area (Å²) in [7, 11) is -1.77. The van der Waals surface area contributed by atoms with Crippen molar-refractivity contribution in [3.8, 4) is 0 Å². The maximum Gasteiger partial charge on any atom is 0.0862 e. The van der Waals surface area contributed by atoms with Gasteiger partial charge < -0.3 is 24.8 Å². The van der Waals surface area contributed by atoms with Crippen molar-refractivity contribution < 1.29 is 50.7 Å². The van der Waals surface area contributed by atoms with E-state index in [0.717, 1.165) is 0 Å². The molecule has 4 rings (SSSR count). The third-order valence-electron chi connectivity index (χ3n) is 8.10. The summed E-state index contributed by atoms with van der Waals surface area (Å²) in [6, 6.07) is 9.43. The molecule has 0 aromatic rings. The zero-order chi connectivity index (χ0) is 20.0. The van der Waals surface area contributed by atoms with Crippen LogP contribution < -0.4 is 24.8 Å². The van der Waals surface area contributed by atoms with Crippen LogP contribution in [0, 0.1) is 0 Å². The van der Waals surface area contributed by atoms with Crippen LogP contribution in [0.3, 0.4) is 0 Å². The Morgan fingerprint density at radius 3 is 1.19 bits per heavy atom. The van der Waals surface area contributed by atoms with Crippen molar-refractivity contribution in [2.45, 2.75) is 115 Å². The first kappa shape index (κ1) is 31.8. The van der Waals surface area contributed by atoms with Gasteiger partial charge in [0.25, 0.3) is 0 Å². The van der Waals surface area contributed by atoms with Crippen LogP contribution in [0.1, 0.15) is 79.1 Å². The van der Waals surface area contributed by atoms with E-state index in [2.05, 4.69) is 52.0 Å². The first-order valence-corrected chi connectivity index (χ1v) is 17.7. The molecule has 2 heterocycles. The molecule has 176 valence electrons. The molecule has 2 aliphatic heterocycles. The molecule has 0 radical (unpaired) electrons. The molecule has 0 atom stereocenters. The molecule has 2 aliphatic carbocycles. The maximum absolute atomic E-state index is 2.56. The van der Waals surface area contributed by atoms with Crippen LogP contribution in [0.5, 0.6) is 0 Å². The van der Waals surface area contributed by atoms with Crippen molar-refractivity contribution >= 4 is 16.1 Å². The van der Waals surface area contributed by atoms with Gasteiger partial charge in [0.1, 0.15) is 0 Å². The Bertz CT molecular complexity index is 613. The zero-order valence-corrected chi connectivity index (χ0v) is 27.6. The molecule has 0 amide bonds. The van der Waals surface area contributed by atoms with E-state index in [4.69, 9.17) is 0 Å². The van der Waals surface area contributed by atoms with Gasteiger partial charge in [0.2, 0.25) is 0 Å². The van der Waals surface area contributed by atoms with Crippen LogP contribution in [-0.4, -0.2) is 16.1 Å². The summed E-state index contributed by atoms with van der Waals surface area (Å²) >= 11 is 0. The minimum absolute atomic E-state index is 0. The Labute approximate surface area is 226 Å². The predicted molar refractivity (Wildman–Crippen MR) is 132 cm³/mol. The third kappa shape index (κ3) is 7.41. The van der Waals surface area contributed by atoms with Gasteiger partial charge in [0.05, 0.1) is 16.1 Å². The second-order valence-corrected chi connectivity index (χ2v) is 19.1. The average Bonchev–Trinajstić information content (AvgIpc) is 3.31. The number of halogens is 2. The number of hydrogen-bond donors (Lipinski definition) is 0. The monoisotopic (exact) mass is 662 g/mol. The summed E-state index contributed by atoms with van der Waals surface area (Å²) in [4.78, 5) is 0. The molecule has 0 unspecified atom stereocenters. The molecule has 4 aliphatic rings. The van der Waals surface area contributed by atoms with Crippen LogP contribution >= 0.6 is 0 Å². The van der Waals surface area contributed by atoms with E-state index >= 15 is 0 Å². The molecule has 0 nitrogen and oxygen atoms in total. The molecule has 0 saturated carbocycles. The summed E-state index contributed by atoms with van der Waals surface area (Å²) in [5.41, 5.74) is 3.35. The van der Waals surface area contributed by atoms with E-state index in [1.54, 1.807) is 47.4 Å². The summed E-state index contributed by atoms with van der Waals surface area (Å²) in [6.45, 7) is 9.29. The van der Waals surface area contributed by atoms with Crippen LogP contribution in [0.2, 0.25) is 36.3 Å². The zero-order valence-electron chi connectivity index (χ0n) is 20.5. The van der Waals surface area contributed by atoms with Crippen molar-refractivity contribution in [1.82, 2.24) is 0 Å². The summed E-state index contributed by atoms with van der Waals surface area (Å²) in [5, 5.41) is 3.64. The molecule has 5 heteroatoms. The van der Waals surface area contributed by atoms with Gasteiger partial charge in [-0.3, -0.25) is 0 Å². The fourth-order valence-electron chi connectivity index (χ4n) is 5.92. The first-order valence-electron chi connectivity index (χ1n) is 12.4. The molecule has 2 saturated heterocycles. The molecular formula is C26H44Cl2HfSi2-2. The third-order valence-corrected chi connectivity index (χ3v) is 19.4. The molecule has 0 aromatic carbocycles. The van der Waals surface area contributed by atoms with Crippen molar-refractivity contribution in [3.05, 3.63) is 45.8 Å². The Hall–Kier alpha value is 0.844. The van der Waals surface area contributed by atoms with E-state index in [9.17, 15) is 0 Å². The fraction of sp³-hybridized carbons (Fsp3) is 0.692. The molecule has 31 heavy (non-hydrogen) atoms. The van der Waals surface area contributed by atoms with Gasteiger partial charge in [0, 0.05) is 25.8 Å². The average molecular weight is 662 g/mol. The van der Waals surface area contributed by atoms with Gasteiger partial charge >= 0.3 is 0 Å². The van der Waals surface area contributed by atoms with E-state index in [0.29, 0.717) is 0 Å². The number of allylic oxidation sites excluding steroid dienone is 8. The van der Waals surface area contributed by atoms with Crippen molar-refractivity contribution in [2.75, 3.05) is 0 Å². The summed E-state index contributed by atoms with van der Waals surface area (Å²) in [5.74, 6) is 0. The second kappa shape index (κ2) is 15.0.